The van der Waals surface area contributed by atoms with E-state index in [0.29, 0.717) is 6.61 Å². The average Bonchev–Trinajstić information content (AvgIpc) is 2.09. The van der Waals surface area contributed by atoms with Crippen molar-refractivity contribution in [2.24, 2.45) is 0 Å². The summed E-state index contributed by atoms with van der Waals surface area (Å²) in [6.07, 6.45) is 2.14. The van der Waals surface area contributed by atoms with Crippen LogP contribution in [0.1, 0.15) is 33.6 Å². The van der Waals surface area contributed by atoms with Crippen LogP contribution >= 0.6 is 0 Å². The minimum atomic E-state index is -0.913. The lowest BCUT2D eigenvalue weighted by Gasteiger charge is -2.16. The molecule has 0 bridgehead atoms. The lowest BCUT2D eigenvalue weighted by molar-refractivity contribution is -0.147. The van der Waals surface area contributed by atoms with Gasteiger partial charge in [-0.25, -0.2) is 0 Å². The average molecular weight is 198 g/mol. The lowest BCUT2D eigenvalue weighted by atomic mass is 9.73. The Hall–Kier alpha value is -0.505. The first-order valence-corrected chi connectivity index (χ1v) is 5.02. The molecule has 2 radical (unpaired) electrons. The van der Waals surface area contributed by atoms with Gasteiger partial charge in [-0.1, -0.05) is 27.2 Å². The van der Waals surface area contributed by atoms with E-state index in [0.717, 1.165) is 19.4 Å². The SMILES string of the molecule is [B]C(C)(C)C(=O)OCCOCCCC. The Morgan fingerprint density at radius 2 is 1.93 bits per heavy atom. The Morgan fingerprint density at radius 3 is 2.43 bits per heavy atom. The van der Waals surface area contributed by atoms with E-state index < -0.39 is 11.3 Å². The fraction of sp³-hybridized carbons (Fsp3) is 0.900. The Balaban J connectivity index is 3.33. The van der Waals surface area contributed by atoms with E-state index in [1.807, 2.05) is 0 Å². The van der Waals surface area contributed by atoms with Crippen molar-refractivity contribution in [2.45, 2.75) is 38.9 Å². The number of hydrogen-bond donors (Lipinski definition) is 0. The molecule has 0 saturated carbocycles. The minimum absolute atomic E-state index is 0.281. The van der Waals surface area contributed by atoms with Crippen molar-refractivity contribution in [1.82, 2.24) is 0 Å². The van der Waals surface area contributed by atoms with E-state index in [4.69, 9.17) is 17.3 Å². The molecule has 0 aliphatic carbocycles. The van der Waals surface area contributed by atoms with Gasteiger partial charge in [0.1, 0.15) is 6.61 Å². The normalized spacial score (nSPS) is 11.4. The van der Waals surface area contributed by atoms with Gasteiger partial charge in [-0.2, -0.15) is 0 Å². The summed E-state index contributed by atoms with van der Waals surface area (Å²) in [7, 11) is 5.53. The molecule has 0 aliphatic heterocycles. The first kappa shape index (κ1) is 13.5. The molecule has 0 fully saturated rings. The van der Waals surface area contributed by atoms with Crippen LogP contribution in [0, 0.1) is 0 Å². The van der Waals surface area contributed by atoms with Gasteiger partial charge in [0.2, 0.25) is 0 Å². The number of ether oxygens (including phenoxy) is 2. The fourth-order valence-electron chi connectivity index (χ4n) is 0.728. The van der Waals surface area contributed by atoms with Crippen molar-refractivity contribution in [1.29, 1.82) is 0 Å². The second kappa shape index (κ2) is 6.88. The van der Waals surface area contributed by atoms with E-state index in [2.05, 4.69) is 6.92 Å². The summed E-state index contributed by atoms with van der Waals surface area (Å²) in [4.78, 5) is 11.2. The highest BCUT2D eigenvalue weighted by atomic mass is 16.6. The Labute approximate surface area is 87.6 Å². The Kier molecular flexibility index (Phi) is 6.63. The van der Waals surface area contributed by atoms with E-state index in [9.17, 15) is 4.79 Å². The molecule has 80 valence electrons. The second-order valence-corrected chi connectivity index (χ2v) is 3.82. The largest absolute Gasteiger partial charge is 0.463 e. The Bertz CT molecular complexity index is 163. The summed E-state index contributed by atoms with van der Waals surface area (Å²) < 4.78 is 10.1. The van der Waals surface area contributed by atoms with Crippen LogP contribution in [-0.2, 0) is 14.3 Å². The molecular weight excluding hydrogens is 179 g/mol. The highest BCUT2D eigenvalue weighted by molar-refractivity contribution is 6.26. The van der Waals surface area contributed by atoms with Crippen LogP contribution < -0.4 is 0 Å². The molecule has 0 spiro atoms. The molecule has 0 heterocycles. The summed E-state index contributed by atoms with van der Waals surface area (Å²) in [6.45, 7) is 6.78. The monoisotopic (exact) mass is 198 g/mol. The van der Waals surface area contributed by atoms with E-state index in [1.54, 1.807) is 13.8 Å². The van der Waals surface area contributed by atoms with Gasteiger partial charge in [0.25, 0.3) is 0 Å². The highest BCUT2D eigenvalue weighted by Crippen LogP contribution is 2.19. The minimum Gasteiger partial charge on any atom is -0.463 e. The van der Waals surface area contributed by atoms with Crippen LogP contribution in [-0.4, -0.2) is 33.6 Å². The molecule has 0 aliphatic rings. The molecule has 4 heteroatoms. The highest BCUT2D eigenvalue weighted by Gasteiger charge is 2.21. The zero-order valence-electron chi connectivity index (χ0n) is 9.34. The Morgan fingerprint density at radius 1 is 1.29 bits per heavy atom. The standard InChI is InChI=1S/C10H19BO3/c1-4-5-6-13-7-8-14-9(12)10(2,3)11/h4-8H2,1-3H3. The van der Waals surface area contributed by atoms with Crippen molar-refractivity contribution < 1.29 is 14.3 Å². The molecule has 0 unspecified atom stereocenters. The first-order chi connectivity index (χ1) is 6.48. The molecule has 0 rings (SSSR count). The number of carbonyl (C=O) groups excluding carboxylic acids is 1. The molecule has 0 amide bonds. The predicted octanol–water partition coefficient (Wildman–Crippen LogP) is 1.71. The number of carbonyl (C=O) groups is 1. The zero-order chi connectivity index (χ0) is 11.0. The summed E-state index contributed by atoms with van der Waals surface area (Å²) >= 11 is 0. The summed E-state index contributed by atoms with van der Waals surface area (Å²) in [5.41, 5.74) is 0. The fourth-order valence-corrected chi connectivity index (χ4v) is 0.728. The molecule has 3 nitrogen and oxygen atoms in total. The molecule has 0 aromatic rings. The van der Waals surface area contributed by atoms with Crippen LogP contribution in [0.15, 0.2) is 0 Å². The molecule has 0 aromatic heterocycles. The van der Waals surface area contributed by atoms with Crippen molar-refractivity contribution >= 4 is 13.8 Å². The van der Waals surface area contributed by atoms with Crippen molar-refractivity contribution in [3.05, 3.63) is 0 Å². The summed E-state index contributed by atoms with van der Waals surface area (Å²) in [5, 5.41) is -0.913. The lowest BCUT2D eigenvalue weighted by Crippen LogP contribution is -2.22. The molecular formula is C10H19BO3. The maximum atomic E-state index is 11.2. The van der Waals surface area contributed by atoms with Gasteiger partial charge < -0.3 is 9.47 Å². The topological polar surface area (TPSA) is 35.5 Å². The quantitative estimate of drug-likeness (QED) is 0.355. The maximum Gasteiger partial charge on any atom is 0.302 e. The molecule has 0 saturated heterocycles. The number of esters is 1. The number of hydrogen-bond acceptors (Lipinski definition) is 3. The van der Waals surface area contributed by atoms with Crippen LogP contribution in [0.25, 0.3) is 0 Å². The van der Waals surface area contributed by atoms with E-state index in [-0.39, 0.29) is 6.61 Å². The van der Waals surface area contributed by atoms with E-state index >= 15 is 0 Å². The van der Waals surface area contributed by atoms with Crippen LogP contribution in [0.3, 0.4) is 0 Å². The molecule has 0 aromatic carbocycles. The maximum absolute atomic E-state index is 11.2. The number of unbranched alkanes of at least 4 members (excludes halogenated alkanes) is 1. The van der Waals surface area contributed by atoms with Crippen molar-refractivity contribution in [3.8, 4) is 0 Å². The molecule has 0 N–H and O–H groups in total. The van der Waals surface area contributed by atoms with Crippen LogP contribution in [0.4, 0.5) is 0 Å². The van der Waals surface area contributed by atoms with Crippen molar-refractivity contribution in [3.63, 3.8) is 0 Å². The van der Waals surface area contributed by atoms with Gasteiger partial charge in [0.05, 0.1) is 14.5 Å². The van der Waals surface area contributed by atoms with E-state index in [1.165, 1.54) is 0 Å². The summed E-state index contributed by atoms with van der Waals surface area (Å²) in [6, 6.07) is 0. The zero-order valence-corrected chi connectivity index (χ0v) is 9.34. The predicted molar refractivity (Wildman–Crippen MR) is 56.5 cm³/mol. The third kappa shape index (κ3) is 6.95. The van der Waals surface area contributed by atoms with Gasteiger partial charge in [0.15, 0.2) is 0 Å². The van der Waals surface area contributed by atoms with Crippen molar-refractivity contribution in [2.75, 3.05) is 19.8 Å². The molecule has 14 heavy (non-hydrogen) atoms. The van der Waals surface area contributed by atoms with Crippen LogP contribution in [0.2, 0.25) is 5.31 Å². The first-order valence-electron chi connectivity index (χ1n) is 5.02. The van der Waals surface area contributed by atoms with Gasteiger partial charge >= 0.3 is 5.97 Å². The summed E-state index contributed by atoms with van der Waals surface area (Å²) in [5.74, 6) is -0.392. The third-order valence-electron chi connectivity index (χ3n) is 1.63. The van der Waals surface area contributed by atoms with Gasteiger partial charge in [0, 0.05) is 11.9 Å². The van der Waals surface area contributed by atoms with Gasteiger partial charge in [-0.05, 0) is 6.42 Å². The van der Waals surface area contributed by atoms with Gasteiger partial charge in [-0.3, -0.25) is 4.79 Å². The number of rotatable bonds is 7. The molecule has 0 atom stereocenters. The van der Waals surface area contributed by atoms with Gasteiger partial charge in [-0.15, -0.1) is 0 Å². The van der Waals surface area contributed by atoms with Crippen LogP contribution in [0.5, 0.6) is 0 Å². The second-order valence-electron chi connectivity index (χ2n) is 3.82. The smallest absolute Gasteiger partial charge is 0.302 e. The third-order valence-corrected chi connectivity index (χ3v) is 1.63.